The Bertz CT molecular complexity index is 360. The van der Waals surface area contributed by atoms with Crippen LogP contribution in [0.25, 0.3) is 0 Å². The molecule has 0 spiro atoms. The number of aryl methyl sites for hydroxylation is 1. The van der Waals surface area contributed by atoms with E-state index < -0.39 is 0 Å². The van der Waals surface area contributed by atoms with Gasteiger partial charge in [-0.3, -0.25) is 0 Å². The van der Waals surface area contributed by atoms with E-state index in [1.54, 1.807) is 6.33 Å². The third-order valence-electron chi connectivity index (χ3n) is 2.87. The molecule has 0 unspecified atom stereocenters. The van der Waals surface area contributed by atoms with Crippen LogP contribution in [0.2, 0.25) is 0 Å². The lowest BCUT2D eigenvalue weighted by Gasteiger charge is -2.23. The van der Waals surface area contributed by atoms with Crippen molar-refractivity contribution in [3.8, 4) is 0 Å². The lowest BCUT2D eigenvalue weighted by atomic mass is 9.96. The molecule has 1 heterocycles. The molecule has 1 aliphatic rings. The first-order valence-corrected chi connectivity index (χ1v) is 5.47. The van der Waals surface area contributed by atoms with E-state index in [-0.39, 0.29) is 0 Å². The first-order valence-electron chi connectivity index (χ1n) is 5.47. The predicted molar refractivity (Wildman–Crippen MR) is 62.1 cm³/mol. The second-order valence-corrected chi connectivity index (χ2v) is 4.00. The second-order valence-electron chi connectivity index (χ2n) is 4.00. The minimum atomic E-state index is 0.837. The quantitative estimate of drug-likeness (QED) is 0.703. The number of hydrogen-bond donors (Lipinski definition) is 0. The molecule has 3 heteroatoms. The molecular weight excluding hydrogens is 186 g/mol. The zero-order valence-corrected chi connectivity index (χ0v) is 9.24. The van der Waals surface area contributed by atoms with E-state index in [2.05, 4.69) is 28.5 Å². The molecule has 80 valence electrons. The molecule has 0 saturated carbocycles. The number of aromatic nitrogens is 2. The fourth-order valence-electron chi connectivity index (χ4n) is 2.11. The molecule has 1 aliphatic carbocycles. The van der Waals surface area contributed by atoms with Crippen molar-refractivity contribution in [1.82, 2.24) is 9.97 Å². The van der Waals surface area contributed by atoms with Gasteiger partial charge in [0, 0.05) is 24.8 Å². The summed E-state index contributed by atoms with van der Waals surface area (Å²) in [6.07, 6.45) is 8.32. The molecule has 1 aromatic rings. The van der Waals surface area contributed by atoms with E-state index in [0.717, 1.165) is 25.2 Å². The van der Waals surface area contributed by atoms with Crippen molar-refractivity contribution < 1.29 is 0 Å². The normalized spacial score (nSPS) is 14.5. The van der Waals surface area contributed by atoms with E-state index in [1.165, 1.54) is 24.1 Å². The van der Waals surface area contributed by atoms with Gasteiger partial charge in [0.15, 0.2) is 0 Å². The lowest BCUT2D eigenvalue weighted by molar-refractivity contribution is 0.659. The first-order chi connectivity index (χ1) is 7.33. The highest BCUT2D eigenvalue weighted by Crippen LogP contribution is 2.26. The predicted octanol–water partition coefficient (Wildman–Crippen LogP) is 1.98. The van der Waals surface area contributed by atoms with Crippen molar-refractivity contribution in [2.75, 3.05) is 18.5 Å². The Labute approximate surface area is 90.9 Å². The van der Waals surface area contributed by atoms with E-state index in [1.807, 2.05) is 6.08 Å². The maximum atomic E-state index is 4.38. The molecule has 1 aromatic heterocycles. The third-order valence-corrected chi connectivity index (χ3v) is 2.87. The molecule has 0 fully saturated rings. The van der Waals surface area contributed by atoms with Crippen molar-refractivity contribution in [1.29, 1.82) is 0 Å². The molecule has 0 bridgehead atoms. The Morgan fingerprint density at radius 3 is 3.00 bits per heavy atom. The maximum Gasteiger partial charge on any atom is 0.135 e. The minimum absolute atomic E-state index is 0.837. The summed E-state index contributed by atoms with van der Waals surface area (Å²) in [7, 11) is 2.05. The summed E-state index contributed by atoms with van der Waals surface area (Å²) in [6.45, 7) is 4.59. The van der Waals surface area contributed by atoms with Crippen LogP contribution in [0.15, 0.2) is 19.0 Å². The minimum Gasteiger partial charge on any atom is -0.356 e. The summed E-state index contributed by atoms with van der Waals surface area (Å²) in [6, 6.07) is 0. The SMILES string of the molecule is C=CCN(C)c1ncnc2c1CCCC2. The molecule has 0 N–H and O–H groups in total. The smallest absolute Gasteiger partial charge is 0.135 e. The fourth-order valence-corrected chi connectivity index (χ4v) is 2.11. The topological polar surface area (TPSA) is 29.0 Å². The van der Waals surface area contributed by atoms with E-state index in [0.29, 0.717) is 0 Å². The van der Waals surface area contributed by atoms with E-state index in [4.69, 9.17) is 0 Å². The number of rotatable bonds is 3. The summed E-state index contributed by atoms with van der Waals surface area (Å²) in [4.78, 5) is 10.9. The fraction of sp³-hybridized carbons (Fsp3) is 0.500. The maximum absolute atomic E-state index is 4.38. The van der Waals surface area contributed by atoms with Crippen molar-refractivity contribution in [3.05, 3.63) is 30.2 Å². The van der Waals surface area contributed by atoms with Gasteiger partial charge >= 0.3 is 0 Å². The van der Waals surface area contributed by atoms with Gasteiger partial charge in [0.25, 0.3) is 0 Å². The summed E-state index contributed by atoms with van der Waals surface area (Å²) in [5.74, 6) is 1.08. The zero-order valence-electron chi connectivity index (χ0n) is 9.24. The largest absolute Gasteiger partial charge is 0.356 e. The Morgan fingerprint density at radius 1 is 1.40 bits per heavy atom. The van der Waals surface area contributed by atoms with Gasteiger partial charge in [-0.05, 0) is 25.7 Å². The molecule has 15 heavy (non-hydrogen) atoms. The Balaban J connectivity index is 2.34. The monoisotopic (exact) mass is 203 g/mol. The Morgan fingerprint density at radius 2 is 2.20 bits per heavy atom. The highest BCUT2D eigenvalue weighted by Gasteiger charge is 2.16. The van der Waals surface area contributed by atoms with Gasteiger partial charge in [-0.1, -0.05) is 6.08 Å². The molecule has 0 aliphatic heterocycles. The van der Waals surface area contributed by atoms with Crippen LogP contribution in [0.1, 0.15) is 24.1 Å². The van der Waals surface area contributed by atoms with Crippen LogP contribution in [0.5, 0.6) is 0 Å². The summed E-state index contributed by atoms with van der Waals surface area (Å²) in [5.41, 5.74) is 2.58. The highest BCUT2D eigenvalue weighted by atomic mass is 15.2. The summed E-state index contributed by atoms with van der Waals surface area (Å²) >= 11 is 0. The lowest BCUT2D eigenvalue weighted by Crippen LogP contribution is -2.22. The molecule has 3 nitrogen and oxygen atoms in total. The van der Waals surface area contributed by atoms with Gasteiger partial charge in [-0.2, -0.15) is 0 Å². The van der Waals surface area contributed by atoms with Crippen LogP contribution < -0.4 is 4.90 Å². The van der Waals surface area contributed by atoms with Crippen LogP contribution in [-0.4, -0.2) is 23.6 Å². The number of anilines is 1. The molecule has 0 amide bonds. The van der Waals surface area contributed by atoms with Crippen LogP contribution in [-0.2, 0) is 12.8 Å². The van der Waals surface area contributed by atoms with Gasteiger partial charge in [0.05, 0.1) is 0 Å². The molecule has 0 saturated heterocycles. The van der Waals surface area contributed by atoms with Gasteiger partial charge < -0.3 is 4.90 Å². The average Bonchev–Trinajstić information content (AvgIpc) is 2.28. The Hall–Kier alpha value is -1.38. The van der Waals surface area contributed by atoms with Gasteiger partial charge in [0.1, 0.15) is 12.1 Å². The number of fused-ring (bicyclic) bond motifs is 1. The molecule has 2 rings (SSSR count). The highest BCUT2D eigenvalue weighted by molar-refractivity contribution is 5.49. The van der Waals surface area contributed by atoms with Crippen molar-refractivity contribution in [2.45, 2.75) is 25.7 Å². The summed E-state index contributed by atoms with van der Waals surface area (Å²) < 4.78 is 0. The first kappa shape index (κ1) is 10.1. The van der Waals surface area contributed by atoms with Crippen molar-refractivity contribution in [2.24, 2.45) is 0 Å². The second kappa shape index (κ2) is 4.43. The number of likely N-dealkylation sites (N-methyl/N-ethyl adjacent to an activating group) is 1. The van der Waals surface area contributed by atoms with Gasteiger partial charge in [-0.15, -0.1) is 6.58 Å². The average molecular weight is 203 g/mol. The van der Waals surface area contributed by atoms with Crippen molar-refractivity contribution >= 4 is 5.82 Å². The third kappa shape index (κ3) is 2.01. The van der Waals surface area contributed by atoms with Crippen LogP contribution >= 0.6 is 0 Å². The van der Waals surface area contributed by atoms with E-state index >= 15 is 0 Å². The van der Waals surface area contributed by atoms with Crippen LogP contribution in [0.4, 0.5) is 5.82 Å². The van der Waals surface area contributed by atoms with Crippen LogP contribution in [0.3, 0.4) is 0 Å². The van der Waals surface area contributed by atoms with Gasteiger partial charge in [0.2, 0.25) is 0 Å². The van der Waals surface area contributed by atoms with Crippen LogP contribution in [0, 0.1) is 0 Å². The molecular formula is C12H17N3. The number of nitrogens with zero attached hydrogens (tertiary/aromatic N) is 3. The number of hydrogen-bond acceptors (Lipinski definition) is 3. The van der Waals surface area contributed by atoms with Crippen molar-refractivity contribution in [3.63, 3.8) is 0 Å². The standard InChI is InChI=1S/C12H17N3/c1-3-8-15(2)12-10-6-4-5-7-11(10)13-9-14-12/h3,9H,1,4-8H2,2H3. The molecule has 0 aromatic carbocycles. The molecule has 0 radical (unpaired) electrons. The Kier molecular flexibility index (Phi) is 2.99. The van der Waals surface area contributed by atoms with Gasteiger partial charge in [-0.25, -0.2) is 9.97 Å². The van der Waals surface area contributed by atoms with E-state index in [9.17, 15) is 0 Å². The zero-order chi connectivity index (χ0) is 10.7. The summed E-state index contributed by atoms with van der Waals surface area (Å²) in [5, 5.41) is 0. The molecule has 0 atom stereocenters.